The average Bonchev–Trinajstić information content (AvgIpc) is 2.85. The Morgan fingerprint density at radius 2 is 1.11 bits per heavy atom. The molecule has 0 aromatic carbocycles. The summed E-state index contributed by atoms with van der Waals surface area (Å²) in [4.78, 5) is 45.7. The largest absolute Gasteiger partial charge is 0.481 e. The van der Waals surface area contributed by atoms with Crippen molar-refractivity contribution >= 4 is 23.8 Å². The van der Waals surface area contributed by atoms with E-state index in [1.165, 1.54) is 44.9 Å². The van der Waals surface area contributed by atoms with Crippen LogP contribution in [0.25, 0.3) is 0 Å². The van der Waals surface area contributed by atoms with Gasteiger partial charge in [-0.3, -0.25) is 14.4 Å². The van der Waals surface area contributed by atoms with Crippen molar-refractivity contribution < 1.29 is 39.2 Å². The predicted octanol–water partition coefficient (Wildman–Crippen LogP) is 4.23. The second-order valence-corrected chi connectivity index (χ2v) is 9.51. The van der Waals surface area contributed by atoms with Crippen LogP contribution in [0, 0.1) is 0 Å². The number of hydrogen-bond acceptors (Lipinski definition) is 5. The normalized spacial score (nSPS) is 11.7. The van der Waals surface area contributed by atoms with Crippen molar-refractivity contribution in [2.75, 3.05) is 26.4 Å². The SMILES string of the molecule is [O]CCOCCNC(=O)CC[C@H](NC(=O)CCCCCCCCCCCCCCCCC(=O)O)C(=O)O. The summed E-state index contributed by atoms with van der Waals surface area (Å²) in [7, 11) is 0. The second-order valence-electron chi connectivity index (χ2n) is 9.51. The van der Waals surface area contributed by atoms with Crippen LogP contribution in [0.4, 0.5) is 0 Å². The monoisotopic (exact) mass is 529 g/mol. The van der Waals surface area contributed by atoms with Gasteiger partial charge in [0.2, 0.25) is 11.8 Å². The summed E-state index contributed by atoms with van der Waals surface area (Å²) in [6.45, 7) is 0.232. The molecule has 10 heteroatoms. The zero-order valence-corrected chi connectivity index (χ0v) is 22.5. The van der Waals surface area contributed by atoms with E-state index in [1.54, 1.807) is 0 Å². The molecule has 1 atom stereocenters. The number of carbonyl (C=O) groups is 4. The number of carboxylic acids is 2. The Morgan fingerprint density at radius 1 is 0.622 bits per heavy atom. The molecule has 0 aliphatic rings. The lowest BCUT2D eigenvalue weighted by Gasteiger charge is -2.14. The molecule has 4 N–H and O–H groups in total. The molecule has 0 saturated heterocycles. The van der Waals surface area contributed by atoms with E-state index in [0.717, 1.165) is 38.5 Å². The average molecular weight is 530 g/mol. The summed E-state index contributed by atoms with van der Waals surface area (Å²) in [5.74, 6) is -2.49. The molecule has 37 heavy (non-hydrogen) atoms. The number of carbonyl (C=O) groups excluding carboxylic acids is 2. The van der Waals surface area contributed by atoms with Crippen LogP contribution >= 0.6 is 0 Å². The van der Waals surface area contributed by atoms with Crippen molar-refractivity contribution in [3.63, 3.8) is 0 Å². The van der Waals surface area contributed by atoms with Gasteiger partial charge in [0.15, 0.2) is 0 Å². The third-order valence-electron chi connectivity index (χ3n) is 6.13. The topological polar surface area (TPSA) is 162 Å². The molecule has 0 heterocycles. The first-order valence-corrected chi connectivity index (χ1v) is 14.0. The molecule has 0 unspecified atom stereocenters. The molecule has 215 valence electrons. The van der Waals surface area contributed by atoms with Gasteiger partial charge >= 0.3 is 11.9 Å². The van der Waals surface area contributed by atoms with E-state index in [9.17, 15) is 29.4 Å². The van der Waals surface area contributed by atoms with Crippen LogP contribution < -0.4 is 10.6 Å². The third kappa shape index (κ3) is 25.2. The number of hydrogen-bond donors (Lipinski definition) is 4. The Labute approximate surface area is 221 Å². The molecule has 2 amide bonds. The summed E-state index contributed by atoms with van der Waals surface area (Å²) in [6, 6.07) is -1.09. The maximum absolute atomic E-state index is 12.1. The molecule has 10 nitrogen and oxygen atoms in total. The van der Waals surface area contributed by atoms with Gasteiger partial charge in [-0.15, -0.1) is 0 Å². The molecule has 0 aliphatic heterocycles. The standard InChI is InChI=1S/C27H49N2O8/c30-20-22-37-21-19-28-24(31)18-17-23(27(35)36)29-25(32)15-13-11-9-7-5-3-1-2-4-6-8-10-12-14-16-26(33)34/h23H,1-22H2,(H,28,31)(H,29,32)(H,33,34)(H,35,36)/t23-/m0/s1. The summed E-state index contributed by atoms with van der Waals surface area (Å²) in [6.07, 6.45) is 15.9. The quantitative estimate of drug-likeness (QED) is 0.116. The van der Waals surface area contributed by atoms with E-state index in [4.69, 9.17) is 9.84 Å². The summed E-state index contributed by atoms with van der Waals surface area (Å²) < 4.78 is 4.97. The van der Waals surface area contributed by atoms with Gasteiger partial charge < -0.3 is 25.6 Å². The summed E-state index contributed by atoms with van der Waals surface area (Å²) in [5.41, 5.74) is 0. The van der Waals surface area contributed by atoms with Gasteiger partial charge in [-0.05, 0) is 19.3 Å². The molecule has 0 aliphatic carbocycles. The first kappa shape index (κ1) is 34.8. The van der Waals surface area contributed by atoms with Crippen LogP contribution in [0.15, 0.2) is 0 Å². The molecule has 0 fully saturated rings. The van der Waals surface area contributed by atoms with Gasteiger partial charge in [0.05, 0.1) is 13.2 Å². The Balaban J connectivity index is 3.62. The molecule has 0 bridgehead atoms. The van der Waals surface area contributed by atoms with Crippen molar-refractivity contribution in [2.45, 2.75) is 122 Å². The molecular formula is C27H49N2O8. The van der Waals surface area contributed by atoms with Crippen LogP contribution in [-0.4, -0.2) is 66.4 Å². The van der Waals surface area contributed by atoms with E-state index in [1.807, 2.05) is 0 Å². The maximum atomic E-state index is 12.1. The number of amides is 2. The highest BCUT2D eigenvalue weighted by atomic mass is 16.5. The number of unbranched alkanes of at least 4 members (excludes halogenated alkanes) is 13. The maximum Gasteiger partial charge on any atom is 0.326 e. The minimum Gasteiger partial charge on any atom is -0.481 e. The van der Waals surface area contributed by atoms with Gasteiger partial charge in [0, 0.05) is 25.8 Å². The lowest BCUT2D eigenvalue weighted by Crippen LogP contribution is -2.41. The minimum atomic E-state index is -1.16. The van der Waals surface area contributed by atoms with Crippen molar-refractivity contribution in [3.05, 3.63) is 0 Å². The predicted molar refractivity (Wildman–Crippen MR) is 140 cm³/mol. The highest BCUT2D eigenvalue weighted by Gasteiger charge is 2.20. The van der Waals surface area contributed by atoms with Gasteiger partial charge in [-0.2, -0.15) is 0 Å². The highest BCUT2D eigenvalue weighted by molar-refractivity contribution is 5.84. The van der Waals surface area contributed by atoms with Crippen molar-refractivity contribution in [2.24, 2.45) is 0 Å². The van der Waals surface area contributed by atoms with E-state index in [-0.39, 0.29) is 63.9 Å². The van der Waals surface area contributed by atoms with Crippen LogP contribution in [0.3, 0.4) is 0 Å². The Kier molecular flexibility index (Phi) is 23.9. The molecule has 0 aromatic rings. The summed E-state index contributed by atoms with van der Waals surface area (Å²) >= 11 is 0. The van der Waals surface area contributed by atoms with Crippen molar-refractivity contribution in [1.82, 2.24) is 10.6 Å². The van der Waals surface area contributed by atoms with Crippen molar-refractivity contribution in [1.29, 1.82) is 0 Å². The Hall–Kier alpha value is -2.20. The van der Waals surface area contributed by atoms with Gasteiger partial charge in [-0.25, -0.2) is 9.90 Å². The molecular weight excluding hydrogens is 480 g/mol. The molecule has 0 spiro atoms. The lowest BCUT2D eigenvalue weighted by molar-refractivity contribution is -0.142. The summed E-state index contributed by atoms with van der Waals surface area (Å²) in [5, 5.41) is 33.3. The number of rotatable bonds is 27. The first-order valence-electron chi connectivity index (χ1n) is 14.0. The highest BCUT2D eigenvalue weighted by Crippen LogP contribution is 2.14. The Bertz CT molecular complexity index is 615. The smallest absolute Gasteiger partial charge is 0.326 e. The number of carboxylic acid groups (broad SMARTS) is 2. The first-order chi connectivity index (χ1) is 17.9. The van der Waals surface area contributed by atoms with E-state index in [2.05, 4.69) is 10.6 Å². The van der Waals surface area contributed by atoms with Crippen LogP contribution in [0.1, 0.15) is 116 Å². The molecule has 1 radical (unpaired) electrons. The number of nitrogens with one attached hydrogen (secondary N) is 2. The Morgan fingerprint density at radius 3 is 1.57 bits per heavy atom. The third-order valence-corrected chi connectivity index (χ3v) is 6.13. The number of aliphatic carboxylic acids is 2. The van der Waals surface area contributed by atoms with Gasteiger partial charge in [-0.1, -0.05) is 77.0 Å². The van der Waals surface area contributed by atoms with Gasteiger partial charge in [0.1, 0.15) is 12.6 Å². The van der Waals surface area contributed by atoms with Crippen molar-refractivity contribution in [3.8, 4) is 0 Å². The fourth-order valence-electron chi connectivity index (χ4n) is 3.99. The zero-order chi connectivity index (χ0) is 27.6. The second kappa shape index (κ2) is 25.4. The van der Waals surface area contributed by atoms with Crippen LogP contribution in [0.5, 0.6) is 0 Å². The van der Waals surface area contributed by atoms with E-state index < -0.39 is 18.0 Å². The number of ether oxygens (including phenoxy) is 1. The molecule has 0 aromatic heterocycles. The van der Waals surface area contributed by atoms with E-state index >= 15 is 0 Å². The molecule has 0 saturated carbocycles. The lowest BCUT2D eigenvalue weighted by atomic mass is 10.0. The fourth-order valence-corrected chi connectivity index (χ4v) is 3.99. The van der Waals surface area contributed by atoms with Crippen LogP contribution in [-0.2, 0) is 29.0 Å². The van der Waals surface area contributed by atoms with Gasteiger partial charge in [0.25, 0.3) is 0 Å². The van der Waals surface area contributed by atoms with E-state index in [0.29, 0.717) is 6.42 Å². The molecule has 0 rings (SSSR count). The fraction of sp³-hybridized carbons (Fsp3) is 0.852. The van der Waals surface area contributed by atoms with Crippen LogP contribution in [0.2, 0.25) is 0 Å². The zero-order valence-electron chi connectivity index (χ0n) is 22.5. The minimum absolute atomic E-state index is 0.0150.